The molecule has 1 saturated heterocycles. The maximum Gasteiger partial charge on any atom is 0.310 e. The molecular weight excluding hydrogens is 236 g/mol. The maximum atomic E-state index is 10.9. The molecule has 0 radical (unpaired) electrons. The first-order chi connectivity index (χ1) is 8.70. The third-order valence-electron chi connectivity index (χ3n) is 2.78. The average Bonchev–Trinajstić information content (AvgIpc) is 2.82. The van der Waals surface area contributed by atoms with Crippen LogP contribution in [0, 0.1) is 10.1 Å². The monoisotopic (exact) mass is 252 g/mol. The number of nitrogens with one attached hydrogen (secondary N) is 1. The number of rotatable bonds is 5. The van der Waals surface area contributed by atoms with Gasteiger partial charge in [0.15, 0.2) is 5.75 Å². The molecule has 1 aromatic carbocycles. The average molecular weight is 252 g/mol. The van der Waals surface area contributed by atoms with E-state index in [0.29, 0.717) is 25.5 Å². The summed E-state index contributed by atoms with van der Waals surface area (Å²) in [5, 5.41) is 13.9. The molecule has 1 aliphatic heterocycles. The number of nitro benzene ring substituents is 1. The molecule has 1 N–H and O–H groups in total. The summed E-state index contributed by atoms with van der Waals surface area (Å²) >= 11 is 0. The predicted molar refractivity (Wildman–Crippen MR) is 65.7 cm³/mol. The first kappa shape index (κ1) is 12.8. The lowest BCUT2D eigenvalue weighted by Crippen LogP contribution is -2.17. The summed E-state index contributed by atoms with van der Waals surface area (Å²) < 4.78 is 10.9. The van der Waals surface area contributed by atoms with Gasteiger partial charge in [0.1, 0.15) is 6.10 Å². The molecule has 1 fully saturated rings. The van der Waals surface area contributed by atoms with Gasteiger partial charge in [0.25, 0.3) is 0 Å². The Labute approximate surface area is 105 Å². The summed E-state index contributed by atoms with van der Waals surface area (Å²) in [7, 11) is 1.83. The molecule has 0 aromatic heterocycles. The topological polar surface area (TPSA) is 73.6 Å². The van der Waals surface area contributed by atoms with Crippen molar-refractivity contribution in [3.63, 3.8) is 0 Å². The molecule has 0 bridgehead atoms. The highest BCUT2D eigenvalue weighted by atomic mass is 16.6. The molecule has 6 nitrogen and oxygen atoms in total. The van der Waals surface area contributed by atoms with E-state index in [1.807, 2.05) is 7.05 Å². The highest BCUT2D eigenvalue weighted by Crippen LogP contribution is 2.30. The summed E-state index contributed by atoms with van der Waals surface area (Å²) in [6, 6.07) is 4.93. The van der Waals surface area contributed by atoms with Crippen molar-refractivity contribution in [2.75, 3.05) is 20.3 Å². The predicted octanol–water partition coefficient (Wildman–Crippen LogP) is 1.48. The van der Waals surface area contributed by atoms with E-state index in [-0.39, 0.29) is 11.8 Å². The van der Waals surface area contributed by atoms with E-state index < -0.39 is 4.92 Å². The molecule has 1 heterocycles. The maximum absolute atomic E-state index is 10.9. The van der Waals surface area contributed by atoms with Gasteiger partial charge in [-0.05, 0) is 18.7 Å². The van der Waals surface area contributed by atoms with Gasteiger partial charge in [0.05, 0.1) is 18.1 Å². The molecule has 1 atom stereocenters. The van der Waals surface area contributed by atoms with E-state index in [4.69, 9.17) is 9.47 Å². The van der Waals surface area contributed by atoms with Crippen molar-refractivity contribution in [2.24, 2.45) is 0 Å². The van der Waals surface area contributed by atoms with Crippen molar-refractivity contribution in [3.05, 3.63) is 33.9 Å². The lowest BCUT2D eigenvalue weighted by molar-refractivity contribution is -0.386. The van der Waals surface area contributed by atoms with E-state index in [1.165, 1.54) is 6.07 Å². The number of nitro groups is 1. The fraction of sp³-hybridized carbons (Fsp3) is 0.500. The minimum Gasteiger partial charge on any atom is -0.481 e. The Kier molecular flexibility index (Phi) is 4.11. The van der Waals surface area contributed by atoms with Gasteiger partial charge in [-0.2, -0.15) is 0 Å². The van der Waals surface area contributed by atoms with E-state index in [1.54, 1.807) is 12.1 Å². The van der Waals surface area contributed by atoms with Crippen LogP contribution in [0.3, 0.4) is 0 Å². The number of hydrogen-bond acceptors (Lipinski definition) is 5. The summed E-state index contributed by atoms with van der Waals surface area (Å²) in [4.78, 5) is 10.5. The zero-order chi connectivity index (χ0) is 13.0. The van der Waals surface area contributed by atoms with Crippen LogP contribution in [-0.4, -0.2) is 31.3 Å². The van der Waals surface area contributed by atoms with Crippen molar-refractivity contribution in [1.82, 2.24) is 5.32 Å². The Morgan fingerprint density at radius 2 is 2.44 bits per heavy atom. The molecule has 0 aliphatic carbocycles. The number of hydrogen-bond donors (Lipinski definition) is 1. The van der Waals surface area contributed by atoms with Crippen molar-refractivity contribution >= 4 is 5.69 Å². The van der Waals surface area contributed by atoms with Gasteiger partial charge in [-0.15, -0.1) is 0 Å². The first-order valence-corrected chi connectivity index (χ1v) is 5.87. The minimum absolute atomic E-state index is 0.00162. The molecule has 0 amide bonds. The second-order valence-electron chi connectivity index (χ2n) is 4.19. The second-order valence-corrected chi connectivity index (χ2v) is 4.19. The van der Waals surface area contributed by atoms with E-state index in [0.717, 1.165) is 12.0 Å². The molecule has 0 saturated carbocycles. The molecule has 0 spiro atoms. The van der Waals surface area contributed by atoms with Crippen LogP contribution in [0.1, 0.15) is 12.0 Å². The van der Waals surface area contributed by atoms with Crippen LogP contribution < -0.4 is 10.1 Å². The van der Waals surface area contributed by atoms with Gasteiger partial charge >= 0.3 is 5.69 Å². The number of nitrogens with zero attached hydrogens (tertiary/aromatic N) is 1. The third kappa shape index (κ3) is 2.96. The van der Waals surface area contributed by atoms with Crippen LogP contribution in [0.4, 0.5) is 5.69 Å². The highest BCUT2D eigenvalue weighted by molar-refractivity contribution is 5.48. The summed E-state index contributed by atoms with van der Waals surface area (Å²) in [6.07, 6.45) is 0.682. The fourth-order valence-corrected chi connectivity index (χ4v) is 1.90. The van der Waals surface area contributed by atoms with Gasteiger partial charge < -0.3 is 14.8 Å². The molecule has 1 aliphatic rings. The van der Waals surface area contributed by atoms with Crippen molar-refractivity contribution in [2.45, 2.75) is 19.1 Å². The Morgan fingerprint density at radius 1 is 1.61 bits per heavy atom. The number of benzene rings is 1. The fourth-order valence-electron chi connectivity index (χ4n) is 1.90. The first-order valence-electron chi connectivity index (χ1n) is 5.87. The van der Waals surface area contributed by atoms with Gasteiger partial charge in [-0.3, -0.25) is 10.1 Å². The smallest absolute Gasteiger partial charge is 0.310 e. The zero-order valence-corrected chi connectivity index (χ0v) is 10.2. The van der Waals surface area contributed by atoms with Gasteiger partial charge in [0.2, 0.25) is 0 Å². The molecule has 2 rings (SSSR count). The van der Waals surface area contributed by atoms with Crippen LogP contribution in [-0.2, 0) is 11.3 Å². The van der Waals surface area contributed by atoms with Gasteiger partial charge in [-0.25, -0.2) is 0 Å². The third-order valence-corrected chi connectivity index (χ3v) is 2.78. The minimum atomic E-state index is -0.422. The molecule has 98 valence electrons. The van der Waals surface area contributed by atoms with Crippen molar-refractivity contribution < 1.29 is 14.4 Å². The van der Waals surface area contributed by atoms with Crippen LogP contribution in [0.15, 0.2) is 18.2 Å². The second kappa shape index (κ2) is 5.79. The van der Waals surface area contributed by atoms with Gasteiger partial charge in [-0.1, -0.05) is 6.07 Å². The Balaban J connectivity index is 2.21. The highest BCUT2D eigenvalue weighted by Gasteiger charge is 2.22. The molecule has 1 aromatic rings. The molecular formula is C12H16N2O4. The molecule has 18 heavy (non-hydrogen) atoms. The summed E-state index contributed by atoms with van der Waals surface area (Å²) in [5.74, 6) is 0.322. The Hall–Kier alpha value is -1.66. The standard InChI is InChI=1S/C12H16N2O4/c1-13-7-9-2-3-11(14(15)16)12(6-9)18-10-4-5-17-8-10/h2-3,6,10,13H,4-5,7-8H2,1H3. The van der Waals surface area contributed by atoms with Gasteiger partial charge in [0, 0.05) is 19.0 Å². The lowest BCUT2D eigenvalue weighted by atomic mass is 10.2. The Morgan fingerprint density at radius 3 is 3.06 bits per heavy atom. The van der Waals surface area contributed by atoms with Crippen LogP contribution in [0.5, 0.6) is 5.75 Å². The van der Waals surface area contributed by atoms with E-state index in [9.17, 15) is 10.1 Å². The van der Waals surface area contributed by atoms with Crippen LogP contribution in [0.2, 0.25) is 0 Å². The van der Waals surface area contributed by atoms with Crippen LogP contribution >= 0.6 is 0 Å². The molecule has 6 heteroatoms. The zero-order valence-electron chi connectivity index (χ0n) is 10.2. The van der Waals surface area contributed by atoms with Crippen LogP contribution in [0.25, 0.3) is 0 Å². The Bertz CT molecular complexity index is 430. The summed E-state index contributed by atoms with van der Waals surface area (Å²) in [5.41, 5.74) is 0.957. The summed E-state index contributed by atoms with van der Waals surface area (Å²) in [6.45, 7) is 1.79. The lowest BCUT2D eigenvalue weighted by Gasteiger charge is -2.13. The SMILES string of the molecule is CNCc1ccc([N+](=O)[O-])c(OC2CCOC2)c1. The van der Waals surface area contributed by atoms with Crippen molar-refractivity contribution in [3.8, 4) is 5.75 Å². The van der Waals surface area contributed by atoms with E-state index >= 15 is 0 Å². The quantitative estimate of drug-likeness (QED) is 0.634. The van der Waals surface area contributed by atoms with Crippen molar-refractivity contribution in [1.29, 1.82) is 0 Å². The van der Waals surface area contributed by atoms with E-state index in [2.05, 4.69) is 5.32 Å². The number of ether oxygens (including phenoxy) is 2. The normalized spacial score (nSPS) is 18.8. The molecule has 1 unspecified atom stereocenters. The largest absolute Gasteiger partial charge is 0.481 e.